The maximum absolute atomic E-state index is 13.8. The number of piperidine rings is 1. The monoisotopic (exact) mass is 421 g/mol. The van der Waals surface area contributed by atoms with Gasteiger partial charge in [0.2, 0.25) is 0 Å². The van der Waals surface area contributed by atoms with Crippen LogP contribution >= 0.6 is 12.2 Å². The molecule has 30 heavy (non-hydrogen) atoms. The zero-order chi connectivity index (χ0) is 21.3. The van der Waals surface area contributed by atoms with Gasteiger partial charge in [-0.3, -0.25) is 9.69 Å². The van der Waals surface area contributed by atoms with Gasteiger partial charge in [0.1, 0.15) is 12.1 Å². The van der Waals surface area contributed by atoms with Gasteiger partial charge in [0.05, 0.1) is 6.67 Å². The molecular weight excluding hydrogens is 390 g/mol. The van der Waals surface area contributed by atoms with E-state index in [2.05, 4.69) is 72.3 Å². The lowest BCUT2D eigenvalue weighted by Gasteiger charge is -2.44. The van der Waals surface area contributed by atoms with Crippen molar-refractivity contribution in [2.24, 2.45) is 0 Å². The zero-order valence-corrected chi connectivity index (χ0v) is 19.0. The summed E-state index contributed by atoms with van der Waals surface area (Å²) in [4.78, 5) is 18.3. The molecule has 2 heterocycles. The number of carbonyl (C=O) groups is 1. The first kappa shape index (κ1) is 21.0. The first-order valence-electron chi connectivity index (χ1n) is 10.9. The van der Waals surface area contributed by atoms with Gasteiger partial charge in [0.25, 0.3) is 0 Å². The molecule has 0 radical (unpaired) electrons. The number of carbonyl (C=O) groups excluding carboxylic acids is 1. The molecule has 4 nitrogen and oxygen atoms in total. The number of Topliss-reactive ketones (excluding diaryl/α,β-unsaturated/α-hetero) is 1. The van der Waals surface area contributed by atoms with Crippen LogP contribution < -0.4 is 5.32 Å². The van der Waals surface area contributed by atoms with E-state index in [1.54, 1.807) is 0 Å². The molecule has 2 aromatic rings. The summed E-state index contributed by atoms with van der Waals surface area (Å²) in [5.41, 5.74) is 5.61. The van der Waals surface area contributed by atoms with Crippen LogP contribution in [0.3, 0.4) is 0 Å². The van der Waals surface area contributed by atoms with Crippen molar-refractivity contribution >= 4 is 23.1 Å². The summed E-state index contributed by atoms with van der Waals surface area (Å²) in [5.74, 6) is 0.160. The summed E-state index contributed by atoms with van der Waals surface area (Å²) in [5, 5.41) is 4.02. The van der Waals surface area contributed by atoms with E-state index < -0.39 is 6.04 Å². The van der Waals surface area contributed by atoms with Crippen LogP contribution in [0.2, 0.25) is 0 Å². The van der Waals surface area contributed by atoms with Gasteiger partial charge in [-0.15, -0.1) is 0 Å². The van der Waals surface area contributed by atoms with Gasteiger partial charge in [0.15, 0.2) is 10.9 Å². The van der Waals surface area contributed by atoms with E-state index >= 15 is 0 Å². The van der Waals surface area contributed by atoms with E-state index in [0.29, 0.717) is 11.8 Å². The summed E-state index contributed by atoms with van der Waals surface area (Å²) >= 11 is 5.82. The lowest BCUT2D eigenvalue weighted by atomic mass is 9.89. The fraction of sp³-hybridized carbons (Fsp3) is 0.440. The molecule has 2 fully saturated rings. The molecular formula is C25H31N3OS. The standard InChI is InChI=1S/C25H31N3OS/c1-17-7-10-20(11-8-17)23-24(29)22(21-12-9-18(2)19(3)15-21)26-25(30)28(23)16-27-13-5-4-6-14-27/h7-12,15,22-23H,4-6,13-14,16H2,1-3H3,(H,26,30). The average Bonchev–Trinajstić information content (AvgIpc) is 2.74. The van der Waals surface area contributed by atoms with Crippen molar-refractivity contribution in [3.63, 3.8) is 0 Å². The SMILES string of the molecule is Cc1ccc(C2C(=O)C(c3ccc(C)c(C)c3)NC(=S)N2CN2CCCCC2)cc1. The van der Waals surface area contributed by atoms with E-state index in [1.807, 2.05) is 6.07 Å². The Labute approximate surface area is 185 Å². The van der Waals surface area contributed by atoms with Crippen LogP contribution in [0.15, 0.2) is 42.5 Å². The number of thiocarbonyl (C=S) groups is 1. The maximum Gasteiger partial charge on any atom is 0.186 e. The molecule has 2 aromatic carbocycles. The third-order valence-electron chi connectivity index (χ3n) is 6.45. The predicted molar refractivity (Wildman–Crippen MR) is 125 cm³/mol. The van der Waals surface area contributed by atoms with Crippen molar-refractivity contribution in [3.05, 3.63) is 70.3 Å². The van der Waals surface area contributed by atoms with Crippen LogP contribution in [-0.4, -0.2) is 40.5 Å². The quantitative estimate of drug-likeness (QED) is 0.730. The molecule has 2 aliphatic rings. The lowest BCUT2D eigenvalue weighted by Crippen LogP contribution is -2.57. The fourth-order valence-electron chi connectivity index (χ4n) is 4.45. The van der Waals surface area contributed by atoms with Crippen LogP contribution in [0.25, 0.3) is 0 Å². The van der Waals surface area contributed by atoms with E-state index in [-0.39, 0.29) is 11.8 Å². The molecule has 0 bridgehead atoms. The maximum atomic E-state index is 13.8. The van der Waals surface area contributed by atoms with Gasteiger partial charge in [0, 0.05) is 0 Å². The number of hydrogen-bond donors (Lipinski definition) is 1. The number of hydrogen-bond acceptors (Lipinski definition) is 3. The number of ketones is 1. The van der Waals surface area contributed by atoms with Gasteiger partial charge in [-0.1, -0.05) is 54.4 Å². The van der Waals surface area contributed by atoms with Crippen molar-refractivity contribution in [2.45, 2.75) is 52.1 Å². The number of nitrogens with one attached hydrogen (secondary N) is 1. The molecule has 1 N–H and O–H groups in total. The Morgan fingerprint density at radius 1 is 0.933 bits per heavy atom. The largest absolute Gasteiger partial charge is 0.349 e. The fourth-order valence-corrected chi connectivity index (χ4v) is 4.73. The van der Waals surface area contributed by atoms with Crippen LogP contribution in [0.4, 0.5) is 0 Å². The number of nitrogens with zero attached hydrogens (tertiary/aromatic N) is 2. The second-order valence-electron chi connectivity index (χ2n) is 8.73. The number of likely N-dealkylation sites (tertiary alicyclic amines) is 1. The Balaban J connectivity index is 1.68. The Morgan fingerprint density at radius 2 is 1.60 bits per heavy atom. The lowest BCUT2D eigenvalue weighted by molar-refractivity contribution is -0.127. The molecule has 0 aliphatic carbocycles. The van der Waals surface area contributed by atoms with E-state index in [1.165, 1.54) is 36.0 Å². The van der Waals surface area contributed by atoms with Crippen molar-refractivity contribution in [3.8, 4) is 0 Å². The topological polar surface area (TPSA) is 35.6 Å². The first-order chi connectivity index (χ1) is 14.4. The first-order valence-corrected chi connectivity index (χ1v) is 11.3. The molecule has 0 spiro atoms. The Kier molecular flexibility index (Phi) is 6.21. The molecule has 2 unspecified atom stereocenters. The van der Waals surface area contributed by atoms with Gasteiger partial charge < -0.3 is 10.2 Å². The molecule has 2 saturated heterocycles. The molecule has 158 valence electrons. The van der Waals surface area contributed by atoms with Crippen molar-refractivity contribution < 1.29 is 4.79 Å². The zero-order valence-electron chi connectivity index (χ0n) is 18.1. The predicted octanol–water partition coefficient (Wildman–Crippen LogP) is 4.60. The third kappa shape index (κ3) is 4.28. The Bertz CT molecular complexity index is 934. The summed E-state index contributed by atoms with van der Waals surface area (Å²) in [7, 11) is 0. The van der Waals surface area contributed by atoms with Crippen LogP contribution in [-0.2, 0) is 4.79 Å². The smallest absolute Gasteiger partial charge is 0.186 e. The highest BCUT2D eigenvalue weighted by molar-refractivity contribution is 7.80. The minimum absolute atomic E-state index is 0.160. The highest BCUT2D eigenvalue weighted by Gasteiger charge is 2.41. The molecule has 0 saturated carbocycles. The minimum Gasteiger partial charge on any atom is -0.349 e. The Hall–Kier alpha value is -2.24. The minimum atomic E-state index is -0.416. The highest BCUT2D eigenvalue weighted by Crippen LogP contribution is 2.34. The molecule has 5 heteroatoms. The van der Waals surface area contributed by atoms with Crippen LogP contribution in [0, 0.1) is 20.8 Å². The highest BCUT2D eigenvalue weighted by atomic mass is 32.1. The molecule has 4 rings (SSSR count). The van der Waals surface area contributed by atoms with Gasteiger partial charge in [-0.25, -0.2) is 0 Å². The number of benzene rings is 2. The molecule has 2 atom stereocenters. The normalized spacial score (nSPS) is 22.8. The summed E-state index contributed by atoms with van der Waals surface area (Å²) < 4.78 is 0. The van der Waals surface area contributed by atoms with E-state index in [9.17, 15) is 4.79 Å². The molecule has 0 amide bonds. The molecule has 2 aliphatic heterocycles. The second-order valence-corrected chi connectivity index (χ2v) is 9.12. The summed E-state index contributed by atoms with van der Waals surface area (Å²) in [6.07, 6.45) is 3.71. The van der Waals surface area contributed by atoms with Crippen LogP contribution in [0.1, 0.15) is 59.2 Å². The summed E-state index contributed by atoms with van der Waals surface area (Å²) in [6, 6.07) is 13.8. The van der Waals surface area contributed by atoms with E-state index in [0.717, 1.165) is 24.2 Å². The average molecular weight is 422 g/mol. The molecule has 0 aromatic heterocycles. The number of aryl methyl sites for hydroxylation is 3. The Morgan fingerprint density at radius 3 is 2.27 bits per heavy atom. The van der Waals surface area contributed by atoms with Gasteiger partial charge in [-0.05, 0) is 81.2 Å². The van der Waals surface area contributed by atoms with Gasteiger partial charge in [-0.2, -0.15) is 0 Å². The van der Waals surface area contributed by atoms with Crippen molar-refractivity contribution in [1.29, 1.82) is 0 Å². The third-order valence-corrected chi connectivity index (χ3v) is 6.81. The summed E-state index contributed by atoms with van der Waals surface area (Å²) in [6.45, 7) is 9.07. The number of rotatable bonds is 4. The van der Waals surface area contributed by atoms with Gasteiger partial charge >= 0.3 is 0 Å². The second kappa shape index (κ2) is 8.86. The van der Waals surface area contributed by atoms with Crippen LogP contribution in [0.5, 0.6) is 0 Å². The van der Waals surface area contributed by atoms with Crippen molar-refractivity contribution in [1.82, 2.24) is 15.1 Å². The van der Waals surface area contributed by atoms with Crippen molar-refractivity contribution in [2.75, 3.05) is 19.8 Å². The van der Waals surface area contributed by atoms with E-state index in [4.69, 9.17) is 12.2 Å².